The molecular weight excluding hydrogens is 270 g/mol. The smallest absolute Gasteiger partial charge is 0.169 e. The second-order valence-corrected chi connectivity index (χ2v) is 5.15. The summed E-state index contributed by atoms with van der Waals surface area (Å²) in [5, 5.41) is 4.05. The van der Waals surface area contributed by atoms with Crippen LogP contribution in [0.2, 0.25) is 0 Å². The zero-order valence-corrected chi connectivity index (χ0v) is 12.4. The first kappa shape index (κ1) is 14.8. The van der Waals surface area contributed by atoms with E-state index >= 15 is 0 Å². The Morgan fingerprint density at radius 2 is 2.50 bits per heavy atom. The molecule has 2 rings (SSSR count). The van der Waals surface area contributed by atoms with Crippen molar-refractivity contribution in [3.05, 3.63) is 42.9 Å². The highest BCUT2D eigenvalue weighted by molar-refractivity contribution is 7.80. The predicted octanol–water partition coefficient (Wildman–Crippen LogP) is 2.64. The van der Waals surface area contributed by atoms with Gasteiger partial charge in [-0.05, 0) is 43.1 Å². The predicted molar refractivity (Wildman–Crippen MR) is 84.3 cm³/mol. The molecular formula is C15H21N3OS. The molecule has 0 aliphatic carbocycles. The fraction of sp³-hybridized carbons (Fsp3) is 0.467. The lowest BCUT2D eigenvalue weighted by molar-refractivity contribution is 0.232. The van der Waals surface area contributed by atoms with Gasteiger partial charge in [0.2, 0.25) is 0 Å². The Labute approximate surface area is 125 Å². The Morgan fingerprint density at radius 3 is 3.25 bits per heavy atom. The maximum Gasteiger partial charge on any atom is 0.169 e. The summed E-state index contributed by atoms with van der Waals surface area (Å²) < 4.78 is 5.10. The Bertz CT molecular complexity index is 438. The van der Waals surface area contributed by atoms with Gasteiger partial charge >= 0.3 is 0 Å². The average Bonchev–Trinajstić information content (AvgIpc) is 2.52. The van der Waals surface area contributed by atoms with Crippen molar-refractivity contribution in [3.8, 4) is 0 Å². The topological polar surface area (TPSA) is 37.4 Å². The van der Waals surface area contributed by atoms with Crippen molar-refractivity contribution >= 4 is 17.3 Å². The van der Waals surface area contributed by atoms with Gasteiger partial charge in [-0.2, -0.15) is 0 Å². The van der Waals surface area contributed by atoms with Crippen LogP contribution in [0.25, 0.3) is 0 Å². The van der Waals surface area contributed by atoms with Crippen LogP contribution in [0, 0.1) is 0 Å². The number of piperidine rings is 1. The number of aromatic nitrogens is 1. The van der Waals surface area contributed by atoms with Crippen LogP contribution in [0.5, 0.6) is 0 Å². The van der Waals surface area contributed by atoms with Crippen LogP contribution < -0.4 is 5.32 Å². The van der Waals surface area contributed by atoms with Crippen LogP contribution in [0.3, 0.4) is 0 Å². The van der Waals surface area contributed by atoms with E-state index in [1.165, 1.54) is 24.7 Å². The number of likely N-dealkylation sites (tertiary alicyclic amines) is 1. The summed E-state index contributed by atoms with van der Waals surface area (Å²) in [5.74, 6) is 0. The first-order valence-corrected chi connectivity index (χ1v) is 7.40. The van der Waals surface area contributed by atoms with E-state index in [4.69, 9.17) is 17.0 Å². The third-order valence-corrected chi connectivity index (χ3v) is 3.83. The zero-order valence-electron chi connectivity index (χ0n) is 11.6. The Balaban J connectivity index is 1.96. The maximum atomic E-state index is 5.51. The second kappa shape index (κ2) is 7.85. The van der Waals surface area contributed by atoms with Gasteiger partial charge in [0.25, 0.3) is 0 Å². The fourth-order valence-electron chi connectivity index (χ4n) is 2.50. The van der Waals surface area contributed by atoms with Gasteiger partial charge in [-0.3, -0.25) is 4.98 Å². The number of ether oxygens (including phenoxy) is 1. The van der Waals surface area contributed by atoms with Crippen LogP contribution in [0.4, 0.5) is 0 Å². The third kappa shape index (κ3) is 3.93. The van der Waals surface area contributed by atoms with Crippen molar-refractivity contribution in [3.63, 3.8) is 0 Å². The van der Waals surface area contributed by atoms with Gasteiger partial charge in [-0.15, -0.1) is 0 Å². The van der Waals surface area contributed by atoms with E-state index in [2.05, 4.69) is 27.8 Å². The Kier molecular flexibility index (Phi) is 5.80. The summed E-state index contributed by atoms with van der Waals surface area (Å²) in [6.07, 6.45) is 8.73. The van der Waals surface area contributed by atoms with Gasteiger partial charge in [0.1, 0.15) is 6.61 Å². The molecule has 1 saturated heterocycles. The summed E-state index contributed by atoms with van der Waals surface area (Å²) in [6.45, 7) is 5.79. The average molecular weight is 291 g/mol. The highest BCUT2D eigenvalue weighted by atomic mass is 32.1. The minimum atomic E-state index is 0.331. The van der Waals surface area contributed by atoms with E-state index in [1.54, 1.807) is 6.20 Å². The van der Waals surface area contributed by atoms with Crippen molar-refractivity contribution in [1.29, 1.82) is 0 Å². The van der Waals surface area contributed by atoms with Crippen LogP contribution >= 0.6 is 12.2 Å². The molecule has 0 aromatic carbocycles. The van der Waals surface area contributed by atoms with Crippen molar-refractivity contribution in [2.24, 2.45) is 0 Å². The van der Waals surface area contributed by atoms with E-state index in [0.29, 0.717) is 19.2 Å². The lowest BCUT2D eigenvalue weighted by Crippen LogP contribution is -2.45. The van der Waals surface area contributed by atoms with Crippen LogP contribution in [-0.2, 0) is 4.74 Å². The fourth-order valence-corrected chi connectivity index (χ4v) is 2.82. The molecule has 1 aliphatic rings. The van der Waals surface area contributed by atoms with Gasteiger partial charge in [0.05, 0.1) is 18.8 Å². The SMILES string of the molecule is C=COCCNC(=S)N1CCCC[C@H]1c1cccnc1. The molecule has 1 N–H and O–H groups in total. The molecule has 0 radical (unpaired) electrons. The minimum Gasteiger partial charge on any atom is -0.500 e. The van der Waals surface area contributed by atoms with E-state index < -0.39 is 0 Å². The summed E-state index contributed by atoms with van der Waals surface area (Å²) in [5.41, 5.74) is 1.23. The third-order valence-electron chi connectivity index (χ3n) is 3.45. The molecule has 0 unspecified atom stereocenters. The van der Waals surface area contributed by atoms with Gasteiger partial charge < -0.3 is 15.0 Å². The highest BCUT2D eigenvalue weighted by Gasteiger charge is 2.25. The highest BCUT2D eigenvalue weighted by Crippen LogP contribution is 2.30. The van der Waals surface area contributed by atoms with Crippen molar-refractivity contribution in [1.82, 2.24) is 15.2 Å². The lowest BCUT2D eigenvalue weighted by atomic mass is 9.97. The first-order chi connectivity index (χ1) is 9.83. The van der Waals surface area contributed by atoms with Gasteiger partial charge in [0, 0.05) is 18.9 Å². The minimum absolute atomic E-state index is 0.331. The number of nitrogens with one attached hydrogen (secondary N) is 1. The van der Waals surface area contributed by atoms with Crippen LogP contribution in [0.1, 0.15) is 30.9 Å². The molecule has 5 heteroatoms. The van der Waals surface area contributed by atoms with Crippen LogP contribution in [-0.4, -0.2) is 34.7 Å². The Hall–Kier alpha value is -1.62. The second-order valence-electron chi connectivity index (χ2n) is 4.76. The van der Waals surface area contributed by atoms with Gasteiger partial charge in [-0.25, -0.2) is 0 Å². The molecule has 0 spiro atoms. The maximum absolute atomic E-state index is 5.51. The van der Waals surface area contributed by atoms with Crippen molar-refractivity contribution in [2.75, 3.05) is 19.7 Å². The number of hydrogen-bond donors (Lipinski definition) is 1. The standard InChI is InChI=1S/C15H21N3OS/c1-2-19-11-9-17-15(20)18-10-4-3-7-14(18)13-6-5-8-16-12-13/h2,5-6,8,12,14H,1,3-4,7,9-11H2,(H,17,20)/t14-/m0/s1. The summed E-state index contributed by atoms with van der Waals surface area (Å²) in [6, 6.07) is 4.44. The molecule has 1 atom stereocenters. The normalized spacial score (nSPS) is 18.4. The molecule has 0 saturated carbocycles. The molecule has 0 amide bonds. The van der Waals surface area contributed by atoms with Gasteiger partial charge in [-0.1, -0.05) is 12.6 Å². The number of thiocarbonyl (C=S) groups is 1. The Morgan fingerprint density at radius 1 is 1.60 bits per heavy atom. The number of hydrogen-bond acceptors (Lipinski definition) is 3. The molecule has 4 nitrogen and oxygen atoms in total. The van der Waals surface area contributed by atoms with Crippen LogP contribution in [0.15, 0.2) is 37.4 Å². The molecule has 108 valence electrons. The summed E-state index contributed by atoms with van der Waals surface area (Å²) >= 11 is 5.51. The van der Waals surface area contributed by atoms with E-state index in [1.807, 2.05) is 12.3 Å². The molecule has 1 aromatic rings. The number of rotatable bonds is 5. The monoisotopic (exact) mass is 291 g/mol. The van der Waals surface area contributed by atoms with E-state index in [0.717, 1.165) is 18.1 Å². The van der Waals surface area contributed by atoms with Crippen molar-refractivity contribution < 1.29 is 4.74 Å². The first-order valence-electron chi connectivity index (χ1n) is 7.00. The summed E-state index contributed by atoms with van der Waals surface area (Å²) in [4.78, 5) is 6.49. The molecule has 0 bridgehead atoms. The molecule has 1 aromatic heterocycles. The molecule has 1 aliphatic heterocycles. The number of pyridine rings is 1. The molecule has 20 heavy (non-hydrogen) atoms. The molecule has 1 fully saturated rings. The summed E-state index contributed by atoms with van der Waals surface area (Å²) in [7, 11) is 0. The van der Waals surface area contributed by atoms with Gasteiger partial charge in [0.15, 0.2) is 5.11 Å². The van der Waals surface area contributed by atoms with E-state index in [9.17, 15) is 0 Å². The van der Waals surface area contributed by atoms with Crippen molar-refractivity contribution in [2.45, 2.75) is 25.3 Å². The molecule has 2 heterocycles. The lowest BCUT2D eigenvalue weighted by Gasteiger charge is -2.37. The quantitative estimate of drug-likeness (QED) is 0.513. The zero-order chi connectivity index (χ0) is 14.2. The number of nitrogens with zero attached hydrogens (tertiary/aromatic N) is 2. The largest absolute Gasteiger partial charge is 0.500 e. The van der Waals surface area contributed by atoms with E-state index in [-0.39, 0.29) is 0 Å².